The van der Waals surface area contributed by atoms with Gasteiger partial charge in [-0.3, -0.25) is 14.8 Å². The molecule has 4 rings (SSSR count). The average molecular weight is 452 g/mol. The lowest BCUT2D eigenvalue weighted by Crippen LogP contribution is -2.31. The lowest BCUT2D eigenvalue weighted by atomic mass is 9.96. The number of nitrogens with zero attached hydrogens (tertiary/aromatic N) is 3. The molecule has 0 aliphatic heterocycles. The second-order valence-corrected chi connectivity index (χ2v) is 7.52. The number of pyridine rings is 2. The number of carbonyl (C=O) groups excluding carboxylic acids is 1. The van der Waals surface area contributed by atoms with Gasteiger partial charge in [-0.15, -0.1) is 0 Å². The van der Waals surface area contributed by atoms with Crippen LogP contribution >= 0.6 is 0 Å². The van der Waals surface area contributed by atoms with Gasteiger partial charge in [-0.05, 0) is 31.0 Å². The fourth-order valence-electron chi connectivity index (χ4n) is 3.45. The summed E-state index contributed by atoms with van der Waals surface area (Å²) in [5.74, 6) is -3.29. The van der Waals surface area contributed by atoms with E-state index in [0.29, 0.717) is 42.5 Å². The molecule has 6 nitrogen and oxygen atoms in total. The van der Waals surface area contributed by atoms with Crippen LogP contribution in [-0.2, 0) is 18.5 Å². The van der Waals surface area contributed by atoms with Gasteiger partial charge in [0.05, 0.1) is 17.2 Å². The van der Waals surface area contributed by atoms with Crippen LogP contribution in [0.2, 0.25) is 0 Å². The number of oxazole rings is 1. The Morgan fingerprint density at radius 1 is 1.19 bits per heavy atom. The van der Waals surface area contributed by atoms with Crippen LogP contribution in [-0.4, -0.2) is 20.9 Å². The summed E-state index contributed by atoms with van der Waals surface area (Å²) < 4.78 is 71.7. The van der Waals surface area contributed by atoms with Crippen molar-refractivity contribution >= 4 is 5.91 Å². The van der Waals surface area contributed by atoms with Crippen LogP contribution in [0.4, 0.5) is 22.0 Å². The molecule has 3 heterocycles. The molecule has 168 valence electrons. The molecule has 1 unspecified atom stereocenters. The molecule has 0 bridgehead atoms. The molecule has 1 aliphatic carbocycles. The van der Waals surface area contributed by atoms with Gasteiger partial charge in [0.2, 0.25) is 5.89 Å². The largest absolute Gasteiger partial charge is 0.441 e. The summed E-state index contributed by atoms with van der Waals surface area (Å²) in [5.41, 5.74) is -0.980. The van der Waals surface area contributed by atoms with Crippen molar-refractivity contribution in [2.45, 2.75) is 44.3 Å². The minimum atomic E-state index is -4.62. The maximum Gasteiger partial charge on any atom is 0.417 e. The van der Waals surface area contributed by atoms with Crippen molar-refractivity contribution < 1.29 is 31.2 Å². The number of aromatic nitrogens is 3. The van der Waals surface area contributed by atoms with Gasteiger partial charge in [0, 0.05) is 37.5 Å². The predicted octanol–water partition coefficient (Wildman–Crippen LogP) is 5.07. The van der Waals surface area contributed by atoms with E-state index < -0.39 is 35.3 Å². The number of aryl methyl sites for hydroxylation is 1. The Morgan fingerprint density at radius 3 is 2.69 bits per heavy atom. The van der Waals surface area contributed by atoms with Gasteiger partial charge in [-0.2, -0.15) is 22.0 Å². The first-order valence-corrected chi connectivity index (χ1v) is 9.70. The van der Waals surface area contributed by atoms with E-state index in [1.807, 2.05) is 0 Å². The molecule has 32 heavy (non-hydrogen) atoms. The third-order valence-electron chi connectivity index (χ3n) is 5.04. The number of fused-ring (bicyclic) bond motifs is 1. The third kappa shape index (κ3) is 4.46. The third-order valence-corrected chi connectivity index (χ3v) is 5.04. The van der Waals surface area contributed by atoms with Gasteiger partial charge < -0.3 is 9.73 Å². The zero-order valence-corrected chi connectivity index (χ0v) is 16.7. The Morgan fingerprint density at radius 2 is 1.97 bits per heavy atom. The molecule has 0 saturated carbocycles. The van der Waals surface area contributed by atoms with E-state index in [4.69, 9.17) is 4.42 Å². The van der Waals surface area contributed by atoms with Gasteiger partial charge in [-0.25, -0.2) is 4.98 Å². The van der Waals surface area contributed by atoms with Crippen LogP contribution in [0.1, 0.15) is 58.9 Å². The van der Waals surface area contributed by atoms with Crippen LogP contribution in [0.25, 0.3) is 11.5 Å². The standard InChI is InChI=1S/C21H17F5N4O2/c1-20(22,23)16-8-11(5-6-28-16)19-30-17-14(3-2-4-15(17)32-19)29-18(31)12-7-13(10-27-9-12)21(24,25)26/h5-10,14H,2-4H2,1H3,(H,29,31). The molecule has 0 fully saturated rings. The van der Waals surface area contributed by atoms with E-state index in [1.165, 1.54) is 18.3 Å². The second kappa shape index (κ2) is 7.95. The topological polar surface area (TPSA) is 80.9 Å². The zero-order valence-electron chi connectivity index (χ0n) is 16.7. The van der Waals surface area contributed by atoms with Crippen LogP contribution in [0.5, 0.6) is 0 Å². The van der Waals surface area contributed by atoms with E-state index in [0.717, 1.165) is 19.2 Å². The summed E-state index contributed by atoms with van der Waals surface area (Å²) in [7, 11) is 0. The lowest BCUT2D eigenvalue weighted by molar-refractivity contribution is -0.137. The normalized spacial score (nSPS) is 16.5. The summed E-state index contributed by atoms with van der Waals surface area (Å²) in [6, 6.07) is 2.78. The monoisotopic (exact) mass is 452 g/mol. The number of alkyl halides is 5. The van der Waals surface area contributed by atoms with E-state index in [9.17, 15) is 26.7 Å². The number of halogens is 5. The molecule has 1 N–H and O–H groups in total. The highest BCUT2D eigenvalue weighted by Gasteiger charge is 2.33. The molecule has 0 spiro atoms. The molecule has 1 aliphatic rings. The molecular formula is C21H17F5N4O2. The quantitative estimate of drug-likeness (QED) is 0.559. The van der Waals surface area contributed by atoms with Crippen molar-refractivity contribution in [1.29, 1.82) is 0 Å². The minimum absolute atomic E-state index is 0.102. The first-order chi connectivity index (χ1) is 15.0. The second-order valence-electron chi connectivity index (χ2n) is 7.52. The summed E-state index contributed by atoms with van der Waals surface area (Å²) in [6.07, 6.45) is -0.0458. The Hall–Kier alpha value is -3.37. The summed E-state index contributed by atoms with van der Waals surface area (Å²) in [5, 5.41) is 2.67. The number of rotatable bonds is 4. The van der Waals surface area contributed by atoms with Crippen LogP contribution in [0.15, 0.2) is 41.2 Å². The Labute approximate surface area is 178 Å². The molecule has 3 aromatic heterocycles. The minimum Gasteiger partial charge on any atom is -0.441 e. The Bertz CT molecular complexity index is 1150. The maximum atomic E-state index is 13.6. The number of hydrogen-bond donors (Lipinski definition) is 1. The number of hydrogen-bond acceptors (Lipinski definition) is 5. The number of nitrogens with one attached hydrogen (secondary N) is 1. The molecule has 0 radical (unpaired) electrons. The first-order valence-electron chi connectivity index (χ1n) is 9.70. The summed E-state index contributed by atoms with van der Waals surface area (Å²) in [4.78, 5) is 24.1. The molecule has 1 amide bonds. The van der Waals surface area contributed by atoms with Gasteiger partial charge in [0.1, 0.15) is 17.1 Å². The smallest absolute Gasteiger partial charge is 0.417 e. The van der Waals surface area contributed by atoms with Gasteiger partial charge >= 0.3 is 6.18 Å². The van der Waals surface area contributed by atoms with Crippen LogP contribution in [0.3, 0.4) is 0 Å². The Kier molecular flexibility index (Phi) is 5.43. The average Bonchev–Trinajstić information content (AvgIpc) is 3.18. The van der Waals surface area contributed by atoms with Crippen molar-refractivity contribution in [2.24, 2.45) is 0 Å². The Balaban J connectivity index is 1.59. The van der Waals surface area contributed by atoms with Crippen LogP contribution in [0, 0.1) is 0 Å². The highest BCUT2D eigenvalue weighted by Crippen LogP contribution is 2.35. The molecule has 0 aromatic carbocycles. The molecule has 11 heteroatoms. The van der Waals surface area contributed by atoms with Crippen molar-refractivity contribution in [3.8, 4) is 11.5 Å². The molecule has 0 saturated heterocycles. The summed E-state index contributed by atoms with van der Waals surface area (Å²) in [6.45, 7) is 0.730. The van der Waals surface area contributed by atoms with E-state index in [1.54, 1.807) is 0 Å². The predicted molar refractivity (Wildman–Crippen MR) is 102 cm³/mol. The number of carbonyl (C=O) groups is 1. The van der Waals surface area contributed by atoms with Gasteiger partial charge in [0.15, 0.2) is 0 Å². The van der Waals surface area contributed by atoms with E-state index >= 15 is 0 Å². The maximum absolute atomic E-state index is 13.6. The van der Waals surface area contributed by atoms with Gasteiger partial charge in [-0.1, -0.05) is 0 Å². The van der Waals surface area contributed by atoms with Crippen LogP contribution < -0.4 is 5.32 Å². The molecule has 1 atom stereocenters. The fraction of sp³-hybridized carbons (Fsp3) is 0.333. The zero-order chi connectivity index (χ0) is 23.1. The van der Waals surface area contributed by atoms with E-state index in [2.05, 4.69) is 20.3 Å². The SMILES string of the molecule is CC(F)(F)c1cc(-c2nc3c(o2)CCCC3NC(=O)c2cncc(C(F)(F)F)c2)ccn1. The highest BCUT2D eigenvalue weighted by atomic mass is 19.4. The van der Waals surface area contributed by atoms with E-state index in [-0.39, 0.29) is 11.5 Å². The van der Waals surface area contributed by atoms with Crippen molar-refractivity contribution in [3.63, 3.8) is 0 Å². The molecule has 3 aromatic rings. The molecular weight excluding hydrogens is 435 g/mol. The van der Waals surface area contributed by atoms with Crippen molar-refractivity contribution in [3.05, 3.63) is 65.1 Å². The first kappa shape index (κ1) is 21.8. The summed E-state index contributed by atoms with van der Waals surface area (Å²) >= 11 is 0. The lowest BCUT2D eigenvalue weighted by Gasteiger charge is -2.21. The number of amides is 1. The van der Waals surface area contributed by atoms with Crippen molar-refractivity contribution in [2.75, 3.05) is 0 Å². The fourth-order valence-corrected chi connectivity index (χ4v) is 3.45. The van der Waals surface area contributed by atoms with Crippen molar-refractivity contribution in [1.82, 2.24) is 20.3 Å². The van der Waals surface area contributed by atoms with Gasteiger partial charge in [0.25, 0.3) is 11.8 Å². The highest BCUT2D eigenvalue weighted by molar-refractivity contribution is 5.94.